The predicted octanol–water partition coefficient (Wildman–Crippen LogP) is 2.61. The molecule has 0 saturated carbocycles. The van der Waals surface area contributed by atoms with Gasteiger partial charge >= 0.3 is 0 Å². The van der Waals surface area contributed by atoms with E-state index in [0.29, 0.717) is 0 Å². The third-order valence-corrected chi connectivity index (χ3v) is 2.67. The molecule has 15 heavy (non-hydrogen) atoms. The number of hydrogen-bond donors (Lipinski definition) is 3. The molecule has 3 nitrogen and oxygen atoms in total. The van der Waals surface area contributed by atoms with Gasteiger partial charge in [0.15, 0.2) is 0 Å². The van der Waals surface area contributed by atoms with Crippen LogP contribution in [0.1, 0.15) is 0 Å². The fraction of sp³-hybridized carbons (Fsp3) is 0. The Hall–Kier alpha value is -2.00. The van der Waals surface area contributed by atoms with Gasteiger partial charge in [0.2, 0.25) is 0 Å². The van der Waals surface area contributed by atoms with E-state index in [0.717, 1.165) is 16.7 Å². The van der Waals surface area contributed by atoms with Gasteiger partial charge in [-0.2, -0.15) is 0 Å². The number of rotatable bonds is 1. The number of hydrogen-bond acceptors (Lipinski definition) is 2. The number of nitrogens with two attached hydrogens (primary N) is 1. The van der Waals surface area contributed by atoms with E-state index >= 15 is 0 Å². The smallest absolute Gasteiger partial charge is 0.0492 e. The minimum absolute atomic E-state index is 0.923. The standard InChI is InChI=1S/C12H11N3/c13-15-8-5-6-12-10(7-8)9-3-1-2-4-11(9)14-12/h1-7,14-15H,13H2. The van der Waals surface area contributed by atoms with Crippen molar-refractivity contribution in [3.63, 3.8) is 0 Å². The molecule has 3 aromatic rings. The van der Waals surface area contributed by atoms with E-state index in [9.17, 15) is 0 Å². The molecule has 0 amide bonds. The summed E-state index contributed by atoms with van der Waals surface area (Å²) >= 11 is 0. The highest BCUT2D eigenvalue weighted by atomic mass is 15.2. The Morgan fingerprint density at radius 2 is 1.73 bits per heavy atom. The number of aromatic amines is 1. The van der Waals surface area contributed by atoms with Gasteiger partial charge in [0, 0.05) is 27.5 Å². The number of aromatic nitrogens is 1. The normalized spacial score (nSPS) is 11.0. The number of H-pyrrole nitrogens is 1. The quantitative estimate of drug-likeness (QED) is 0.415. The average Bonchev–Trinajstić information content (AvgIpc) is 2.66. The Bertz CT molecular complexity index is 625. The predicted molar refractivity (Wildman–Crippen MR) is 63.6 cm³/mol. The minimum atomic E-state index is 0.923. The molecular formula is C12H11N3. The first-order chi connectivity index (χ1) is 7.38. The highest BCUT2D eigenvalue weighted by Crippen LogP contribution is 2.27. The summed E-state index contributed by atoms with van der Waals surface area (Å²) in [6.45, 7) is 0. The maximum atomic E-state index is 5.39. The third-order valence-electron chi connectivity index (χ3n) is 2.67. The summed E-state index contributed by atoms with van der Waals surface area (Å²) in [4.78, 5) is 3.36. The average molecular weight is 197 g/mol. The number of hydrazine groups is 1. The van der Waals surface area contributed by atoms with E-state index in [1.165, 1.54) is 10.8 Å². The molecule has 0 bridgehead atoms. The molecule has 0 spiro atoms. The topological polar surface area (TPSA) is 53.8 Å². The number of para-hydroxylation sites is 1. The summed E-state index contributed by atoms with van der Waals surface area (Å²) in [6.07, 6.45) is 0. The zero-order valence-corrected chi connectivity index (χ0v) is 8.12. The molecule has 0 atom stereocenters. The van der Waals surface area contributed by atoms with Crippen molar-refractivity contribution < 1.29 is 0 Å². The van der Waals surface area contributed by atoms with Crippen LogP contribution in [0.4, 0.5) is 5.69 Å². The molecule has 0 aliphatic rings. The van der Waals surface area contributed by atoms with Crippen LogP contribution in [0, 0.1) is 0 Å². The fourth-order valence-electron chi connectivity index (χ4n) is 1.94. The molecule has 0 fully saturated rings. The van der Waals surface area contributed by atoms with Gasteiger partial charge in [-0.3, -0.25) is 5.84 Å². The Morgan fingerprint density at radius 1 is 0.933 bits per heavy atom. The SMILES string of the molecule is NNc1ccc2[nH]c3ccccc3c2c1. The summed E-state index contributed by atoms with van der Waals surface area (Å²) < 4.78 is 0. The van der Waals surface area contributed by atoms with E-state index in [1.54, 1.807) is 0 Å². The molecule has 3 rings (SSSR count). The third kappa shape index (κ3) is 1.17. The van der Waals surface area contributed by atoms with E-state index in [1.807, 2.05) is 30.3 Å². The number of benzene rings is 2. The summed E-state index contributed by atoms with van der Waals surface area (Å²) in [5.41, 5.74) is 5.87. The van der Waals surface area contributed by atoms with E-state index < -0.39 is 0 Å². The number of fused-ring (bicyclic) bond motifs is 3. The Kier molecular flexibility index (Phi) is 1.66. The molecule has 2 aromatic carbocycles. The van der Waals surface area contributed by atoms with Crippen LogP contribution < -0.4 is 11.3 Å². The Morgan fingerprint density at radius 3 is 2.60 bits per heavy atom. The first-order valence-corrected chi connectivity index (χ1v) is 4.85. The maximum absolute atomic E-state index is 5.39. The van der Waals surface area contributed by atoms with E-state index in [2.05, 4.69) is 22.5 Å². The van der Waals surface area contributed by atoms with Gasteiger partial charge in [-0.1, -0.05) is 18.2 Å². The lowest BCUT2D eigenvalue weighted by molar-refractivity contribution is 1.36. The molecule has 0 radical (unpaired) electrons. The van der Waals surface area contributed by atoms with Crippen molar-refractivity contribution in [1.82, 2.24) is 4.98 Å². The van der Waals surface area contributed by atoms with Crippen LogP contribution in [0.5, 0.6) is 0 Å². The van der Waals surface area contributed by atoms with Gasteiger partial charge in [0.1, 0.15) is 0 Å². The minimum Gasteiger partial charge on any atom is -0.355 e. The molecule has 1 aromatic heterocycles. The van der Waals surface area contributed by atoms with Gasteiger partial charge in [-0.05, 0) is 24.3 Å². The molecule has 74 valence electrons. The van der Waals surface area contributed by atoms with Crippen LogP contribution in [0.25, 0.3) is 21.8 Å². The molecule has 1 heterocycles. The van der Waals surface area contributed by atoms with Crippen LogP contribution in [-0.2, 0) is 0 Å². The second-order valence-electron chi connectivity index (χ2n) is 3.58. The Balaban J connectivity index is 2.46. The Labute approximate surface area is 86.9 Å². The number of nitrogen functional groups attached to an aromatic ring is 1. The number of nitrogens with one attached hydrogen (secondary N) is 2. The molecule has 0 aliphatic carbocycles. The number of anilines is 1. The largest absolute Gasteiger partial charge is 0.355 e. The first kappa shape index (κ1) is 8.32. The monoisotopic (exact) mass is 197 g/mol. The van der Waals surface area contributed by atoms with Crippen molar-refractivity contribution in [1.29, 1.82) is 0 Å². The maximum Gasteiger partial charge on any atom is 0.0492 e. The summed E-state index contributed by atoms with van der Waals surface area (Å²) in [5.74, 6) is 5.39. The van der Waals surface area contributed by atoms with Crippen molar-refractivity contribution >= 4 is 27.5 Å². The van der Waals surface area contributed by atoms with Gasteiger partial charge < -0.3 is 10.4 Å². The van der Waals surface area contributed by atoms with Gasteiger partial charge in [0.25, 0.3) is 0 Å². The molecule has 0 unspecified atom stereocenters. The highest BCUT2D eigenvalue weighted by Gasteiger charge is 2.03. The summed E-state index contributed by atoms with van der Waals surface area (Å²) in [6, 6.07) is 14.3. The molecule has 0 saturated heterocycles. The zero-order chi connectivity index (χ0) is 10.3. The highest BCUT2D eigenvalue weighted by molar-refractivity contribution is 6.08. The van der Waals surface area contributed by atoms with Crippen molar-refractivity contribution in [2.75, 3.05) is 5.43 Å². The van der Waals surface area contributed by atoms with E-state index in [-0.39, 0.29) is 0 Å². The van der Waals surface area contributed by atoms with Crippen molar-refractivity contribution in [2.45, 2.75) is 0 Å². The second-order valence-corrected chi connectivity index (χ2v) is 3.58. The van der Waals surface area contributed by atoms with Crippen molar-refractivity contribution in [2.24, 2.45) is 5.84 Å². The van der Waals surface area contributed by atoms with E-state index in [4.69, 9.17) is 5.84 Å². The van der Waals surface area contributed by atoms with Crippen LogP contribution in [-0.4, -0.2) is 4.98 Å². The zero-order valence-electron chi connectivity index (χ0n) is 8.12. The van der Waals surface area contributed by atoms with Crippen LogP contribution in [0.3, 0.4) is 0 Å². The lowest BCUT2D eigenvalue weighted by Gasteiger charge is -1.98. The van der Waals surface area contributed by atoms with Crippen LogP contribution in [0.15, 0.2) is 42.5 Å². The van der Waals surface area contributed by atoms with Gasteiger partial charge in [-0.25, -0.2) is 0 Å². The van der Waals surface area contributed by atoms with Gasteiger partial charge in [-0.15, -0.1) is 0 Å². The molecule has 0 aliphatic heterocycles. The summed E-state index contributed by atoms with van der Waals surface area (Å²) in [5, 5.41) is 2.42. The molecule has 4 N–H and O–H groups in total. The molecular weight excluding hydrogens is 186 g/mol. The summed E-state index contributed by atoms with van der Waals surface area (Å²) in [7, 11) is 0. The van der Waals surface area contributed by atoms with Crippen LogP contribution in [0.2, 0.25) is 0 Å². The first-order valence-electron chi connectivity index (χ1n) is 4.85. The van der Waals surface area contributed by atoms with Crippen molar-refractivity contribution in [3.8, 4) is 0 Å². The lowest BCUT2D eigenvalue weighted by Crippen LogP contribution is -2.05. The lowest BCUT2D eigenvalue weighted by atomic mass is 10.1. The van der Waals surface area contributed by atoms with Crippen LogP contribution >= 0.6 is 0 Å². The fourth-order valence-corrected chi connectivity index (χ4v) is 1.94. The second kappa shape index (κ2) is 3.00. The van der Waals surface area contributed by atoms with Crippen molar-refractivity contribution in [3.05, 3.63) is 42.5 Å². The molecule has 3 heteroatoms. The van der Waals surface area contributed by atoms with Gasteiger partial charge in [0.05, 0.1) is 0 Å².